The maximum absolute atomic E-state index is 12.1. The Morgan fingerprint density at radius 2 is 2.00 bits per heavy atom. The first-order valence-electron chi connectivity index (χ1n) is 7.42. The van der Waals surface area contributed by atoms with E-state index in [2.05, 4.69) is 5.32 Å². The number of nitrogens with two attached hydrogens (primary N) is 1. The zero-order chi connectivity index (χ0) is 13.7. The minimum absolute atomic E-state index is 0.199. The van der Waals surface area contributed by atoms with Crippen LogP contribution in [0.15, 0.2) is 0 Å². The van der Waals surface area contributed by atoms with Gasteiger partial charge in [-0.2, -0.15) is 0 Å². The van der Waals surface area contributed by atoms with Crippen LogP contribution in [-0.4, -0.2) is 42.9 Å². The Bertz CT molecular complexity index is 329. The van der Waals surface area contributed by atoms with Gasteiger partial charge >= 0.3 is 0 Å². The molecule has 0 aromatic carbocycles. The fourth-order valence-corrected chi connectivity index (χ4v) is 2.69. The summed E-state index contributed by atoms with van der Waals surface area (Å²) >= 11 is 0. The second-order valence-corrected chi connectivity index (χ2v) is 5.93. The second-order valence-electron chi connectivity index (χ2n) is 5.93. The number of nitrogens with one attached hydrogen (secondary N) is 1. The number of likely N-dealkylation sites (tertiary alicyclic amines) is 1. The van der Waals surface area contributed by atoms with Crippen LogP contribution in [-0.2, 0) is 9.59 Å². The van der Waals surface area contributed by atoms with E-state index in [1.807, 2.05) is 4.90 Å². The molecule has 1 saturated heterocycles. The van der Waals surface area contributed by atoms with Crippen molar-refractivity contribution in [3.63, 3.8) is 0 Å². The van der Waals surface area contributed by atoms with Crippen LogP contribution in [0.1, 0.15) is 38.5 Å². The van der Waals surface area contributed by atoms with Gasteiger partial charge in [0.05, 0.1) is 6.54 Å². The van der Waals surface area contributed by atoms with Crippen LogP contribution in [0.3, 0.4) is 0 Å². The average molecular weight is 267 g/mol. The Balaban J connectivity index is 1.66. The summed E-state index contributed by atoms with van der Waals surface area (Å²) in [6, 6.07) is 0. The Kier molecular flexibility index (Phi) is 5.19. The topological polar surface area (TPSA) is 75.4 Å². The van der Waals surface area contributed by atoms with E-state index in [0.717, 1.165) is 44.8 Å². The summed E-state index contributed by atoms with van der Waals surface area (Å²) in [4.78, 5) is 24.8. The molecule has 1 aliphatic heterocycles. The van der Waals surface area contributed by atoms with Gasteiger partial charge in [0, 0.05) is 19.5 Å². The fraction of sp³-hybridized carbons (Fsp3) is 0.857. The lowest BCUT2D eigenvalue weighted by molar-refractivity contribution is -0.132. The van der Waals surface area contributed by atoms with Crippen molar-refractivity contribution in [1.82, 2.24) is 10.2 Å². The third-order valence-electron chi connectivity index (χ3n) is 4.08. The van der Waals surface area contributed by atoms with E-state index in [1.165, 1.54) is 12.8 Å². The average Bonchev–Trinajstić information content (AvgIpc) is 3.21. The van der Waals surface area contributed by atoms with Crippen molar-refractivity contribution in [3.8, 4) is 0 Å². The number of amides is 2. The van der Waals surface area contributed by atoms with Crippen molar-refractivity contribution in [1.29, 1.82) is 0 Å². The van der Waals surface area contributed by atoms with Gasteiger partial charge < -0.3 is 16.0 Å². The lowest BCUT2D eigenvalue weighted by Gasteiger charge is -2.32. The van der Waals surface area contributed by atoms with Crippen LogP contribution in [0.4, 0.5) is 0 Å². The largest absolute Gasteiger partial charge is 0.370 e. The highest BCUT2D eigenvalue weighted by Gasteiger charge is 2.25. The maximum Gasteiger partial charge on any atom is 0.236 e. The van der Waals surface area contributed by atoms with Gasteiger partial charge in [-0.3, -0.25) is 9.59 Å². The smallest absolute Gasteiger partial charge is 0.236 e. The standard InChI is InChI=1S/C14H25N3O2/c15-13(18)6-5-12-2-1-7-17(10-12)14(19)9-16-8-11-3-4-11/h11-12,16H,1-10H2,(H2,15,18). The molecule has 108 valence electrons. The molecule has 2 aliphatic rings. The molecular formula is C14H25N3O2. The molecule has 0 spiro atoms. The molecule has 1 saturated carbocycles. The predicted octanol–water partition coefficient (Wildman–Crippen LogP) is 0.490. The Labute approximate surface area is 114 Å². The summed E-state index contributed by atoms with van der Waals surface area (Å²) in [6.07, 6.45) is 6.01. The molecule has 5 nitrogen and oxygen atoms in total. The van der Waals surface area contributed by atoms with E-state index in [1.54, 1.807) is 0 Å². The molecule has 3 N–H and O–H groups in total. The number of primary amides is 1. The second kappa shape index (κ2) is 6.89. The molecule has 0 aromatic heterocycles. The molecule has 5 heteroatoms. The van der Waals surface area contributed by atoms with E-state index in [-0.39, 0.29) is 11.8 Å². The van der Waals surface area contributed by atoms with Crippen molar-refractivity contribution >= 4 is 11.8 Å². The van der Waals surface area contributed by atoms with Gasteiger partial charge in [-0.1, -0.05) is 0 Å². The summed E-state index contributed by atoms with van der Waals surface area (Å²) in [5.41, 5.74) is 5.17. The molecule has 19 heavy (non-hydrogen) atoms. The van der Waals surface area contributed by atoms with Crippen molar-refractivity contribution in [2.45, 2.75) is 38.5 Å². The highest BCUT2D eigenvalue weighted by molar-refractivity contribution is 5.78. The van der Waals surface area contributed by atoms with Crippen LogP contribution in [0.25, 0.3) is 0 Å². The van der Waals surface area contributed by atoms with Crippen molar-refractivity contribution in [3.05, 3.63) is 0 Å². The number of nitrogens with zero attached hydrogens (tertiary/aromatic N) is 1. The minimum atomic E-state index is -0.241. The van der Waals surface area contributed by atoms with Gasteiger partial charge in [0.25, 0.3) is 0 Å². The molecule has 0 bridgehead atoms. The minimum Gasteiger partial charge on any atom is -0.370 e. The summed E-state index contributed by atoms with van der Waals surface area (Å²) in [6.45, 7) is 3.08. The SMILES string of the molecule is NC(=O)CCC1CCCN(C(=O)CNCC2CC2)C1. The van der Waals surface area contributed by atoms with Gasteiger partial charge in [-0.15, -0.1) is 0 Å². The first-order valence-corrected chi connectivity index (χ1v) is 7.42. The molecule has 2 fully saturated rings. The normalized spacial score (nSPS) is 23.4. The van der Waals surface area contributed by atoms with E-state index in [9.17, 15) is 9.59 Å². The zero-order valence-electron chi connectivity index (χ0n) is 11.6. The Morgan fingerprint density at radius 3 is 2.68 bits per heavy atom. The lowest BCUT2D eigenvalue weighted by Crippen LogP contribution is -2.44. The van der Waals surface area contributed by atoms with E-state index in [4.69, 9.17) is 5.73 Å². The van der Waals surface area contributed by atoms with Gasteiger partial charge in [0.15, 0.2) is 0 Å². The summed E-state index contributed by atoms with van der Waals surface area (Å²) in [5.74, 6) is 1.20. The molecular weight excluding hydrogens is 242 g/mol. The molecule has 0 aromatic rings. The van der Waals surface area contributed by atoms with Gasteiger partial charge in [-0.25, -0.2) is 0 Å². The van der Waals surface area contributed by atoms with Crippen LogP contribution < -0.4 is 11.1 Å². The Hall–Kier alpha value is -1.10. The first kappa shape index (κ1) is 14.3. The quantitative estimate of drug-likeness (QED) is 0.705. The molecule has 0 radical (unpaired) electrons. The van der Waals surface area contributed by atoms with Crippen molar-refractivity contribution < 1.29 is 9.59 Å². The molecule has 1 atom stereocenters. The van der Waals surface area contributed by atoms with E-state index < -0.39 is 0 Å². The highest BCUT2D eigenvalue weighted by Crippen LogP contribution is 2.27. The van der Waals surface area contributed by atoms with Gasteiger partial charge in [0.2, 0.25) is 11.8 Å². The molecule has 1 heterocycles. The number of carbonyl (C=O) groups is 2. The summed E-state index contributed by atoms with van der Waals surface area (Å²) in [5, 5.41) is 3.24. The van der Waals surface area contributed by atoms with Crippen LogP contribution in [0.2, 0.25) is 0 Å². The maximum atomic E-state index is 12.1. The third kappa shape index (κ3) is 5.19. The fourth-order valence-electron chi connectivity index (χ4n) is 2.69. The van der Waals surface area contributed by atoms with Gasteiger partial charge in [0.1, 0.15) is 0 Å². The lowest BCUT2D eigenvalue weighted by atomic mass is 9.93. The molecule has 1 unspecified atom stereocenters. The summed E-state index contributed by atoms with van der Waals surface area (Å²) < 4.78 is 0. The predicted molar refractivity (Wildman–Crippen MR) is 73.3 cm³/mol. The van der Waals surface area contributed by atoms with Crippen LogP contribution >= 0.6 is 0 Å². The number of piperidine rings is 1. The van der Waals surface area contributed by atoms with Crippen LogP contribution in [0.5, 0.6) is 0 Å². The molecule has 1 aliphatic carbocycles. The highest BCUT2D eigenvalue weighted by atomic mass is 16.2. The zero-order valence-corrected chi connectivity index (χ0v) is 11.6. The first-order chi connectivity index (χ1) is 9.15. The number of carbonyl (C=O) groups excluding carboxylic acids is 2. The van der Waals surface area contributed by atoms with Crippen molar-refractivity contribution in [2.24, 2.45) is 17.6 Å². The monoisotopic (exact) mass is 267 g/mol. The van der Waals surface area contributed by atoms with Gasteiger partial charge in [-0.05, 0) is 50.5 Å². The summed E-state index contributed by atoms with van der Waals surface area (Å²) in [7, 11) is 0. The van der Waals surface area contributed by atoms with E-state index in [0.29, 0.717) is 18.9 Å². The number of hydrogen-bond acceptors (Lipinski definition) is 3. The van der Waals surface area contributed by atoms with E-state index >= 15 is 0 Å². The number of hydrogen-bond donors (Lipinski definition) is 2. The van der Waals surface area contributed by atoms with Crippen molar-refractivity contribution in [2.75, 3.05) is 26.2 Å². The van der Waals surface area contributed by atoms with Crippen LogP contribution in [0, 0.1) is 11.8 Å². The third-order valence-corrected chi connectivity index (χ3v) is 4.08. The molecule has 2 amide bonds. The molecule has 2 rings (SSSR count). The Morgan fingerprint density at radius 1 is 1.21 bits per heavy atom. The number of rotatable bonds is 7.